The van der Waals surface area contributed by atoms with E-state index in [-0.39, 0.29) is 11.4 Å². The van der Waals surface area contributed by atoms with E-state index in [1.165, 1.54) is 0 Å². The SMILES string of the molecule is COc1c(CCl)cnc(OC(F)(F)F)c1[N+](=O)[O-]. The molecule has 1 heterocycles. The average molecular weight is 287 g/mol. The molecule has 1 aromatic rings. The Labute approximate surface area is 103 Å². The lowest BCUT2D eigenvalue weighted by Gasteiger charge is -2.11. The van der Waals surface area contributed by atoms with Crippen molar-refractivity contribution in [1.29, 1.82) is 0 Å². The lowest BCUT2D eigenvalue weighted by atomic mass is 10.2. The van der Waals surface area contributed by atoms with Crippen LogP contribution in [0.2, 0.25) is 0 Å². The van der Waals surface area contributed by atoms with Gasteiger partial charge in [-0.3, -0.25) is 10.1 Å². The first-order valence-corrected chi connectivity index (χ1v) is 4.85. The maximum absolute atomic E-state index is 12.1. The van der Waals surface area contributed by atoms with E-state index in [1.54, 1.807) is 0 Å². The molecule has 0 spiro atoms. The van der Waals surface area contributed by atoms with Crippen LogP contribution in [0, 0.1) is 10.1 Å². The minimum atomic E-state index is -5.09. The average Bonchev–Trinajstić information content (AvgIpc) is 2.25. The molecule has 10 heteroatoms. The Morgan fingerprint density at radius 2 is 2.17 bits per heavy atom. The van der Waals surface area contributed by atoms with Gasteiger partial charge in [0.05, 0.1) is 17.9 Å². The summed E-state index contributed by atoms with van der Waals surface area (Å²) in [7, 11) is 1.07. The number of aromatic nitrogens is 1. The molecule has 1 rings (SSSR count). The number of methoxy groups -OCH3 is 1. The number of ether oxygens (including phenoxy) is 2. The second kappa shape index (κ2) is 5.25. The number of halogens is 4. The Balaban J connectivity index is 3.39. The number of alkyl halides is 4. The van der Waals surface area contributed by atoms with Crippen molar-refractivity contribution in [3.05, 3.63) is 21.9 Å². The summed E-state index contributed by atoms with van der Waals surface area (Å²) in [5.41, 5.74) is -0.937. The zero-order chi connectivity index (χ0) is 13.9. The molecule has 0 aliphatic rings. The second-order valence-corrected chi connectivity index (χ2v) is 3.18. The fourth-order valence-corrected chi connectivity index (χ4v) is 1.36. The van der Waals surface area contributed by atoms with E-state index in [9.17, 15) is 23.3 Å². The van der Waals surface area contributed by atoms with Crippen LogP contribution in [0.1, 0.15) is 5.56 Å². The third kappa shape index (κ3) is 3.13. The van der Waals surface area contributed by atoms with E-state index in [1.807, 2.05) is 0 Å². The molecular weight excluding hydrogens is 281 g/mol. The smallest absolute Gasteiger partial charge is 0.490 e. The van der Waals surface area contributed by atoms with Gasteiger partial charge in [0, 0.05) is 11.8 Å². The van der Waals surface area contributed by atoms with E-state index in [4.69, 9.17) is 11.6 Å². The van der Waals surface area contributed by atoms with Gasteiger partial charge in [0.2, 0.25) is 5.75 Å². The first kappa shape index (κ1) is 14.3. The minimum Gasteiger partial charge on any atom is -0.490 e. The molecule has 1 aromatic heterocycles. The Hall–Kier alpha value is -1.77. The molecule has 0 radical (unpaired) electrons. The molecule has 0 aliphatic heterocycles. The standard InChI is InChI=1S/C8H6ClF3N2O4/c1-17-6-4(2-9)3-13-7(5(6)14(15)16)18-8(10,11)12/h3H,2H2,1H3. The summed E-state index contributed by atoms with van der Waals surface area (Å²) in [5, 5.41) is 10.8. The van der Waals surface area contributed by atoms with Crippen molar-refractivity contribution >= 4 is 17.3 Å². The summed E-state index contributed by atoms with van der Waals surface area (Å²) in [5.74, 6) is -1.81. The quantitative estimate of drug-likeness (QED) is 0.483. The van der Waals surface area contributed by atoms with E-state index < -0.39 is 28.6 Å². The predicted octanol–water partition coefficient (Wildman–Crippen LogP) is 2.64. The highest BCUT2D eigenvalue weighted by atomic mass is 35.5. The van der Waals surface area contributed by atoms with Gasteiger partial charge in [-0.2, -0.15) is 0 Å². The monoisotopic (exact) mass is 286 g/mol. The van der Waals surface area contributed by atoms with Crippen molar-refractivity contribution in [3.63, 3.8) is 0 Å². The van der Waals surface area contributed by atoms with Crippen LogP contribution in [0.5, 0.6) is 11.6 Å². The molecule has 0 N–H and O–H groups in total. The van der Waals surface area contributed by atoms with Gasteiger partial charge in [-0.1, -0.05) is 0 Å². The Bertz CT molecular complexity index is 466. The number of pyridine rings is 1. The summed E-state index contributed by atoms with van der Waals surface area (Å²) in [6.45, 7) is 0. The molecule has 0 amide bonds. The van der Waals surface area contributed by atoms with Gasteiger partial charge in [0.1, 0.15) is 0 Å². The van der Waals surface area contributed by atoms with E-state index in [0.29, 0.717) is 0 Å². The summed E-state index contributed by atoms with van der Waals surface area (Å²) < 4.78 is 44.3. The van der Waals surface area contributed by atoms with Crippen molar-refractivity contribution in [2.75, 3.05) is 7.11 Å². The molecule has 0 unspecified atom stereocenters. The molecule has 0 bridgehead atoms. The lowest BCUT2D eigenvalue weighted by Crippen LogP contribution is -2.19. The number of rotatable bonds is 4. The van der Waals surface area contributed by atoms with Gasteiger partial charge in [0.15, 0.2) is 0 Å². The van der Waals surface area contributed by atoms with Crippen LogP contribution in [-0.4, -0.2) is 23.4 Å². The number of hydrogen-bond donors (Lipinski definition) is 0. The molecular formula is C8H6ClF3N2O4. The summed E-state index contributed by atoms with van der Waals surface area (Å²) >= 11 is 5.47. The maximum atomic E-state index is 12.1. The number of nitrogens with zero attached hydrogens (tertiary/aromatic N) is 2. The number of hydrogen-bond acceptors (Lipinski definition) is 5. The second-order valence-electron chi connectivity index (χ2n) is 2.91. The molecule has 0 aromatic carbocycles. The van der Waals surface area contributed by atoms with Crippen molar-refractivity contribution in [3.8, 4) is 11.6 Å². The van der Waals surface area contributed by atoms with E-state index >= 15 is 0 Å². The molecule has 18 heavy (non-hydrogen) atoms. The summed E-state index contributed by atoms with van der Waals surface area (Å²) in [6, 6.07) is 0. The van der Waals surface area contributed by atoms with Gasteiger partial charge in [0.25, 0.3) is 0 Å². The van der Waals surface area contributed by atoms with Gasteiger partial charge in [-0.25, -0.2) is 4.98 Å². The third-order valence-electron chi connectivity index (χ3n) is 1.79. The first-order chi connectivity index (χ1) is 8.30. The molecule has 6 nitrogen and oxygen atoms in total. The van der Waals surface area contributed by atoms with Crippen molar-refractivity contribution in [1.82, 2.24) is 4.98 Å². The summed E-state index contributed by atoms with van der Waals surface area (Å²) in [4.78, 5) is 12.9. The van der Waals surface area contributed by atoms with Crippen molar-refractivity contribution in [2.45, 2.75) is 12.2 Å². The highest BCUT2D eigenvalue weighted by Crippen LogP contribution is 2.40. The fraction of sp³-hybridized carbons (Fsp3) is 0.375. The highest BCUT2D eigenvalue weighted by molar-refractivity contribution is 6.17. The molecule has 0 saturated carbocycles. The first-order valence-electron chi connectivity index (χ1n) is 4.32. The van der Waals surface area contributed by atoms with Crippen LogP contribution < -0.4 is 9.47 Å². The van der Waals surface area contributed by atoms with Crippen molar-refractivity contribution < 1.29 is 27.6 Å². The Morgan fingerprint density at radius 1 is 1.56 bits per heavy atom. The molecule has 0 fully saturated rings. The van der Waals surface area contributed by atoms with Gasteiger partial charge in [-0.15, -0.1) is 24.8 Å². The van der Waals surface area contributed by atoms with Gasteiger partial charge in [-0.05, 0) is 0 Å². The zero-order valence-corrected chi connectivity index (χ0v) is 9.58. The van der Waals surface area contributed by atoms with Crippen molar-refractivity contribution in [2.24, 2.45) is 0 Å². The largest absolute Gasteiger partial charge is 0.574 e. The van der Waals surface area contributed by atoms with Crippen LogP contribution in [-0.2, 0) is 5.88 Å². The van der Waals surface area contributed by atoms with E-state index in [0.717, 1.165) is 13.3 Å². The predicted molar refractivity (Wildman–Crippen MR) is 53.7 cm³/mol. The normalized spacial score (nSPS) is 11.2. The van der Waals surface area contributed by atoms with Crippen LogP contribution in [0.4, 0.5) is 18.9 Å². The Morgan fingerprint density at radius 3 is 2.56 bits per heavy atom. The van der Waals surface area contributed by atoms with E-state index in [2.05, 4.69) is 14.5 Å². The lowest BCUT2D eigenvalue weighted by molar-refractivity contribution is -0.390. The molecule has 0 aliphatic carbocycles. The Kier molecular flexibility index (Phi) is 4.17. The zero-order valence-electron chi connectivity index (χ0n) is 8.82. The summed E-state index contributed by atoms with van der Waals surface area (Å²) in [6.07, 6.45) is -4.18. The fourth-order valence-electron chi connectivity index (χ4n) is 1.17. The van der Waals surface area contributed by atoms with Gasteiger partial charge >= 0.3 is 17.9 Å². The van der Waals surface area contributed by atoms with Gasteiger partial charge < -0.3 is 9.47 Å². The highest BCUT2D eigenvalue weighted by Gasteiger charge is 2.37. The maximum Gasteiger partial charge on any atom is 0.574 e. The number of nitro groups is 1. The molecule has 0 atom stereocenters. The van der Waals surface area contributed by atoms with Crippen LogP contribution in [0.3, 0.4) is 0 Å². The van der Waals surface area contributed by atoms with Crippen LogP contribution in [0.15, 0.2) is 6.20 Å². The minimum absolute atomic E-state index is 0.0837. The van der Waals surface area contributed by atoms with Crippen LogP contribution in [0.25, 0.3) is 0 Å². The molecule has 0 saturated heterocycles. The third-order valence-corrected chi connectivity index (χ3v) is 2.08. The van der Waals surface area contributed by atoms with Crippen LogP contribution >= 0.6 is 11.6 Å². The molecule has 100 valence electrons. The topological polar surface area (TPSA) is 74.5 Å².